The van der Waals surface area contributed by atoms with Gasteiger partial charge in [-0.05, 0) is 60.0 Å². The number of furan rings is 1. The maximum Gasteiger partial charge on any atom is 0.290 e. The summed E-state index contributed by atoms with van der Waals surface area (Å²) < 4.78 is 18.1. The fourth-order valence-corrected chi connectivity index (χ4v) is 5.53. The average Bonchev–Trinajstić information content (AvgIpc) is 3.58. The minimum atomic E-state index is -0.307. The van der Waals surface area contributed by atoms with E-state index in [2.05, 4.69) is 39.1 Å². The van der Waals surface area contributed by atoms with E-state index < -0.39 is 0 Å². The number of fused-ring (bicyclic) bond motifs is 5. The summed E-state index contributed by atoms with van der Waals surface area (Å²) in [6, 6.07) is 21.4. The quantitative estimate of drug-likeness (QED) is 0.304. The predicted octanol–water partition coefficient (Wildman–Crippen LogP) is 6.19. The van der Waals surface area contributed by atoms with Crippen molar-refractivity contribution in [1.29, 1.82) is 0 Å². The fourth-order valence-electron chi connectivity index (χ4n) is 5.15. The van der Waals surface area contributed by atoms with Crippen LogP contribution in [0.15, 0.2) is 75.6 Å². The van der Waals surface area contributed by atoms with Crippen LogP contribution in [0.1, 0.15) is 33.4 Å². The Bertz CT molecular complexity index is 1600. The number of hydrogen-bond acceptors (Lipinski definition) is 4. The van der Waals surface area contributed by atoms with Gasteiger partial charge in [-0.25, -0.2) is 0 Å². The molecule has 7 heteroatoms. The Balaban J connectivity index is 1.38. The monoisotopic (exact) mass is 514 g/mol. The van der Waals surface area contributed by atoms with Crippen molar-refractivity contribution in [2.45, 2.75) is 12.5 Å². The van der Waals surface area contributed by atoms with Crippen molar-refractivity contribution in [3.63, 3.8) is 0 Å². The standard InChI is InChI=1S/C27H19BrN2O4/c28-17-6-8-21-16(11-17)13-24(34-21)27(31)30-10-9-19-18-3-1-2-4-20(18)29-25(19)26(30)15-5-7-22-23(12-15)33-14-32-22/h1-8,11-13,26,29H,9-10,14H2. The predicted molar refractivity (Wildman–Crippen MR) is 131 cm³/mol. The summed E-state index contributed by atoms with van der Waals surface area (Å²) in [6.07, 6.45) is 0.762. The van der Waals surface area contributed by atoms with E-state index in [0.717, 1.165) is 38.8 Å². The van der Waals surface area contributed by atoms with E-state index in [-0.39, 0.29) is 18.7 Å². The van der Waals surface area contributed by atoms with Gasteiger partial charge in [-0.3, -0.25) is 4.79 Å². The molecule has 168 valence electrons. The van der Waals surface area contributed by atoms with Crippen LogP contribution in [0.2, 0.25) is 0 Å². The van der Waals surface area contributed by atoms with E-state index in [1.807, 2.05) is 53.4 Å². The largest absolute Gasteiger partial charge is 0.454 e. The van der Waals surface area contributed by atoms with Crippen molar-refractivity contribution in [2.24, 2.45) is 0 Å². The second-order valence-electron chi connectivity index (χ2n) is 8.62. The second-order valence-corrected chi connectivity index (χ2v) is 9.54. The van der Waals surface area contributed by atoms with Crippen molar-refractivity contribution in [1.82, 2.24) is 9.88 Å². The van der Waals surface area contributed by atoms with Gasteiger partial charge in [-0.15, -0.1) is 0 Å². The van der Waals surface area contributed by atoms with Gasteiger partial charge in [0.05, 0.1) is 6.04 Å². The number of aromatic nitrogens is 1. The summed E-state index contributed by atoms with van der Waals surface area (Å²) in [7, 11) is 0. The molecule has 0 radical (unpaired) electrons. The van der Waals surface area contributed by atoms with Crippen molar-refractivity contribution in [3.8, 4) is 11.5 Å². The number of ether oxygens (including phenoxy) is 2. The van der Waals surface area contributed by atoms with Crippen LogP contribution in [-0.4, -0.2) is 29.1 Å². The fraction of sp³-hybridized carbons (Fsp3) is 0.148. The number of amides is 1. The van der Waals surface area contributed by atoms with Crippen LogP contribution in [-0.2, 0) is 6.42 Å². The first-order valence-corrected chi connectivity index (χ1v) is 11.9. The number of nitrogens with one attached hydrogen (secondary N) is 1. The number of carbonyl (C=O) groups excluding carboxylic acids is 1. The van der Waals surface area contributed by atoms with Crippen LogP contribution < -0.4 is 9.47 Å². The maximum absolute atomic E-state index is 13.8. The lowest BCUT2D eigenvalue weighted by molar-refractivity contribution is 0.0661. The van der Waals surface area contributed by atoms with E-state index >= 15 is 0 Å². The lowest BCUT2D eigenvalue weighted by Gasteiger charge is -2.35. The minimum Gasteiger partial charge on any atom is -0.454 e. The molecule has 0 spiro atoms. The number of carbonyl (C=O) groups is 1. The highest BCUT2D eigenvalue weighted by Gasteiger charge is 2.36. The van der Waals surface area contributed by atoms with Crippen molar-refractivity contribution in [3.05, 3.63) is 93.8 Å². The number of aromatic amines is 1. The third-order valence-electron chi connectivity index (χ3n) is 6.70. The molecule has 2 aromatic heterocycles. The van der Waals surface area contributed by atoms with Crippen LogP contribution in [0.5, 0.6) is 11.5 Å². The molecule has 1 N–H and O–H groups in total. The Morgan fingerprint density at radius 2 is 1.88 bits per heavy atom. The third-order valence-corrected chi connectivity index (χ3v) is 7.19. The topological polar surface area (TPSA) is 67.7 Å². The summed E-state index contributed by atoms with van der Waals surface area (Å²) in [5.41, 5.74) is 4.99. The Labute approximate surface area is 203 Å². The van der Waals surface area contributed by atoms with E-state index in [4.69, 9.17) is 13.9 Å². The Morgan fingerprint density at radius 3 is 2.82 bits per heavy atom. The van der Waals surface area contributed by atoms with Gasteiger partial charge in [0.25, 0.3) is 5.91 Å². The summed E-state index contributed by atoms with van der Waals surface area (Å²) in [5, 5.41) is 2.09. The van der Waals surface area contributed by atoms with Gasteiger partial charge in [0, 0.05) is 33.0 Å². The number of rotatable bonds is 2. The average molecular weight is 515 g/mol. The van der Waals surface area contributed by atoms with Crippen molar-refractivity contribution < 1.29 is 18.7 Å². The van der Waals surface area contributed by atoms with Gasteiger partial charge < -0.3 is 23.8 Å². The van der Waals surface area contributed by atoms with Crippen LogP contribution in [0.25, 0.3) is 21.9 Å². The van der Waals surface area contributed by atoms with Crippen LogP contribution in [0.3, 0.4) is 0 Å². The number of benzene rings is 3. The summed E-state index contributed by atoms with van der Waals surface area (Å²) in [5.74, 6) is 1.61. The molecule has 0 fully saturated rings. The molecule has 0 saturated carbocycles. The molecular weight excluding hydrogens is 496 g/mol. The zero-order valence-electron chi connectivity index (χ0n) is 18.0. The first kappa shape index (κ1) is 19.7. The molecule has 6 nitrogen and oxygen atoms in total. The van der Waals surface area contributed by atoms with E-state index in [1.165, 1.54) is 10.9 Å². The van der Waals surface area contributed by atoms with Gasteiger partial charge in [0.2, 0.25) is 6.79 Å². The molecule has 5 aromatic rings. The highest BCUT2D eigenvalue weighted by Crippen LogP contribution is 2.42. The Kier molecular flexibility index (Phi) is 4.29. The molecule has 0 aliphatic carbocycles. The summed E-state index contributed by atoms with van der Waals surface area (Å²) in [6.45, 7) is 0.784. The third kappa shape index (κ3) is 2.97. The van der Waals surface area contributed by atoms with Crippen LogP contribution in [0.4, 0.5) is 0 Å². The number of hydrogen-bond donors (Lipinski definition) is 1. The number of H-pyrrole nitrogens is 1. The van der Waals surface area contributed by atoms with E-state index in [0.29, 0.717) is 23.6 Å². The lowest BCUT2D eigenvalue weighted by atomic mass is 9.92. The molecular formula is C27H19BrN2O4. The Morgan fingerprint density at radius 1 is 1.00 bits per heavy atom. The van der Waals surface area contributed by atoms with Crippen molar-refractivity contribution >= 4 is 43.7 Å². The normalized spacial score (nSPS) is 16.9. The second kappa shape index (κ2) is 7.40. The molecule has 0 bridgehead atoms. The van der Waals surface area contributed by atoms with E-state index in [9.17, 15) is 4.79 Å². The molecule has 4 heterocycles. The molecule has 0 saturated heterocycles. The molecule has 7 rings (SSSR count). The molecule has 34 heavy (non-hydrogen) atoms. The smallest absolute Gasteiger partial charge is 0.290 e. The molecule has 2 aliphatic heterocycles. The highest BCUT2D eigenvalue weighted by atomic mass is 79.9. The van der Waals surface area contributed by atoms with Gasteiger partial charge in [0.15, 0.2) is 17.3 Å². The minimum absolute atomic E-state index is 0.140. The number of para-hydroxylation sites is 1. The SMILES string of the molecule is O=C(c1cc2cc(Br)ccc2o1)N1CCc2c([nH]c3ccccc23)C1c1ccc2c(c1)OCO2. The summed E-state index contributed by atoms with van der Waals surface area (Å²) >= 11 is 3.49. The van der Waals surface area contributed by atoms with Gasteiger partial charge in [-0.1, -0.05) is 40.2 Å². The van der Waals surface area contributed by atoms with Crippen LogP contribution in [0, 0.1) is 0 Å². The lowest BCUT2D eigenvalue weighted by Crippen LogP contribution is -2.40. The molecule has 1 unspecified atom stereocenters. The van der Waals surface area contributed by atoms with E-state index in [1.54, 1.807) is 0 Å². The van der Waals surface area contributed by atoms with Gasteiger partial charge >= 0.3 is 0 Å². The summed E-state index contributed by atoms with van der Waals surface area (Å²) in [4.78, 5) is 19.3. The molecule has 1 atom stereocenters. The number of nitrogens with zero attached hydrogens (tertiary/aromatic N) is 1. The zero-order chi connectivity index (χ0) is 22.8. The highest BCUT2D eigenvalue weighted by molar-refractivity contribution is 9.10. The first-order valence-electron chi connectivity index (χ1n) is 11.1. The molecule has 3 aromatic carbocycles. The van der Waals surface area contributed by atoms with Crippen LogP contribution >= 0.6 is 15.9 Å². The Hall–Kier alpha value is -3.71. The van der Waals surface area contributed by atoms with Gasteiger partial charge in [-0.2, -0.15) is 0 Å². The first-order chi connectivity index (χ1) is 16.7. The number of halogens is 1. The van der Waals surface area contributed by atoms with Gasteiger partial charge in [0.1, 0.15) is 5.58 Å². The zero-order valence-corrected chi connectivity index (χ0v) is 19.6. The molecule has 1 amide bonds. The molecule has 2 aliphatic rings. The maximum atomic E-state index is 13.8. The van der Waals surface area contributed by atoms with Crippen molar-refractivity contribution in [2.75, 3.05) is 13.3 Å².